The second-order valence-electron chi connectivity index (χ2n) is 7.18. The third-order valence-corrected chi connectivity index (χ3v) is 6.12. The van der Waals surface area contributed by atoms with E-state index in [4.69, 9.17) is 4.74 Å². The number of hydrogen-bond donors (Lipinski definition) is 1. The molecule has 2 rings (SSSR count). The molecule has 1 aliphatic heterocycles. The van der Waals surface area contributed by atoms with Gasteiger partial charge in [-0.05, 0) is 44.7 Å². The monoisotopic (exact) mass is 387 g/mol. The lowest BCUT2D eigenvalue weighted by molar-refractivity contribution is 0.0571. The maximum absolute atomic E-state index is 12.8. The van der Waals surface area contributed by atoms with Gasteiger partial charge in [-0.3, -0.25) is 4.90 Å². The first-order chi connectivity index (χ1) is 12.2. The zero-order valence-corrected chi connectivity index (χ0v) is 16.7. The molecular formula is C18H30FN3O3S. The van der Waals surface area contributed by atoms with Gasteiger partial charge in [0.05, 0.1) is 5.75 Å². The Morgan fingerprint density at radius 2 is 1.77 bits per heavy atom. The molecule has 1 aromatic carbocycles. The number of hydrogen-bond acceptors (Lipinski definition) is 5. The van der Waals surface area contributed by atoms with Gasteiger partial charge in [-0.15, -0.1) is 0 Å². The molecule has 1 fully saturated rings. The number of ether oxygens (including phenoxy) is 1. The van der Waals surface area contributed by atoms with Gasteiger partial charge in [-0.25, -0.2) is 17.5 Å². The van der Waals surface area contributed by atoms with Crippen molar-refractivity contribution in [2.45, 2.75) is 26.3 Å². The van der Waals surface area contributed by atoms with E-state index in [0.717, 1.165) is 32.7 Å². The number of piperazine rings is 1. The number of nitrogens with one attached hydrogen (secondary N) is 1. The van der Waals surface area contributed by atoms with Gasteiger partial charge in [-0.2, -0.15) is 0 Å². The average molecular weight is 388 g/mol. The quantitative estimate of drug-likeness (QED) is 0.696. The van der Waals surface area contributed by atoms with Crippen molar-refractivity contribution in [3.63, 3.8) is 0 Å². The molecule has 1 heterocycles. The Hall–Kier alpha value is -1.22. The van der Waals surface area contributed by atoms with Gasteiger partial charge in [0.1, 0.15) is 18.2 Å². The van der Waals surface area contributed by atoms with Crippen molar-refractivity contribution < 1.29 is 17.5 Å². The summed E-state index contributed by atoms with van der Waals surface area (Å²) in [5.41, 5.74) is -0.245. The maximum atomic E-state index is 12.8. The van der Waals surface area contributed by atoms with Gasteiger partial charge in [0, 0.05) is 38.3 Å². The largest absolute Gasteiger partial charge is 0.492 e. The van der Waals surface area contributed by atoms with Crippen LogP contribution in [0, 0.1) is 5.82 Å². The molecule has 0 amide bonds. The molecule has 0 unspecified atom stereocenters. The highest BCUT2D eigenvalue weighted by molar-refractivity contribution is 7.89. The van der Waals surface area contributed by atoms with Crippen LogP contribution in [0.2, 0.25) is 0 Å². The smallest absolute Gasteiger partial charge is 0.215 e. The number of likely N-dealkylation sites (N-methyl/N-ethyl adjacent to an activating group) is 1. The average Bonchev–Trinajstić information content (AvgIpc) is 2.62. The third-order valence-electron chi connectivity index (χ3n) is 4.83. The Morgan fingerprint density at radius 1 is 1.15 bits per heavy atom. The molecule has 1 aliphatic rings. The van der Waals surface area contributed by atoms with Crippen LogP contribution in [-0.2, 0) is 10.0 Å². The van der Waals surface area contributed by atoms with Gasteiger partial charge in [0.2, 0.25) is 10.0 Å². The van der Waals surface area contributed by atoms with Gasteiger partial charge in [-0.1, -0.05) is 6.92 Å². The molecule has 8 heteroatoms. The lowest BCUT2D eigenvalue weighted by Crippen LogP contribution is -2.58. The minimum atomic E-state index is -3.43. The normalized spacial score (nSPS) is 17.4. The summed E-state index contributed by atoms with van der Waals surface area (Å²) in [4.78, 5) is 4.72. The van der Waals surface area contributed by atoms with Gasteiger partial charge >= 0.3 is 0 Å². The molecule has 0 spiro atoms. The second kappa shape index (κ2) is 9.12. The zero-order valence-electron chi connectivity index (χ0n) is 15.9. The Bertz CT molecular complexity index is 657. The van der Waals surface area contributed by atoms with E-state index in [1.807, 2.05) is 0 Å². The first-order valence-electron chi connectivity index (χ1n) is 9.05. The summed E-state index contributed by atoms with van der Waals surface area (Å²) in [6, 6.07) is 5.52. The molecule has 0 aromatic heterocycles. The lowest BCUT2D eigenvalue weighted by atomic mass is 10.0. The predicted molar refractivity (Wildman–Crippen MR) is 101 cm³/mol. The molecule has 0 saturated carbocycles. The van der Waals surface area contributed by atoms with Crippen LogP contribution in [0.5, 0.6) is 5.75 Å². The van der Waals surface area contributed by atoms with Crippen LogP contribution in [0.1, 0.15) is 20.8 Å². The molecule has 6 nitrogen and oxygen atoms in total. The van der Waals surface area contributed by atoms with E-state index >= 15 is 0 Å². The highest BCUT2D eigenvalue weighted by atomic mass is 32.2. The summed E-state index contributed by atoms with van der Waals surface area (Å²) in [5.74, 6) is -0.0336. The summed E-state index contributed by atoms with van der Waals surface area (Å²) >= 11 is 0. The Balaban J connectivity index is 1.76. The lowest BCUT2D eigenvalue weighted by Gasteiger charge is -2.44. The summed E-state index contributed by atoms with van der Waals surface area (Å²) < 4.78 is 45.3. The molecule has 0 atom stereocenters. The fourth-order valence-corrected chi connectivity index (χ4v) is 3.96. The predicted octanol–water partition coefficient (Wildman–Crippen LogP) is 1.54. The maximum Gasteiger partial charge on any atom is 0.215 e. The molecular weight excluding hydrogens is 357 g/mol. The SMILES string of the molecule is CCN1CCN(C(C)(C)CNS(=O)(=O)CCOc2ccc(F)cc2)CC1. The van der Waals surface area contributed by atoms with Gasteiger partial charge in [0.25, 0.3) is 0 Å². The van der Waals surface area contributed by atoms with Crippen LogP contribution in [0.4, 0.5) is 4.39 Å². The fraction of sp³-hybridized carbons (Fsp3) is 0.667. The highest BCUT2D eigenvalue weighted by Gasteiger charge is 2.30. The van der Waals surface area contributed by atoms with Crippen molar-refractivity contribution in [2.75, 3.05) is 51.6 Å². The van der Waals surface area contributed by atoms with Crippen LogP contribution >= 0.6 is 0 Å². The standard InChI is InChI=1S/C18H30FN3O3S/c1-4-21-9-11-22(12-10-21)18(2,3)15-20-26(23,24)14-13-25-17-7-5-16(19)6-8-17/h5-8,20H,4,9-15H2,1-3H3. The molecule has 1 N–H and O–H groups in total. The highest BCUT2D eigenvalue weighted by Crippen LogP contribution is 2.16. The minimum Gasteiger partial charge on any atom is -0.492 e. The molecule has 148 valence electrons. The molecule has 0 aliphatic carbocycles. The summed E-state index contributed by atoms with van der Waals surface area (Å²) in [6.45, 7) is 11.6. The number of sulfonamides is 1. The van der Waals surface area contributed by atoms with E-state index in [2.05, 4.69) is 35.3 Å². The van der Waals surface area contributed by atoms with Crippen LogP contribution in [0.15, 0.2) is 24.3 Å². The van der Waals surface area contributed by atoms with E-state index in [1.54, 1.807) is 0 Å². The minimum absolute atomic E-state index is 0.0244. The van der Waals surface area contributed by atoms with Crippen molar-refractivity contribution in [3.8, 4) is 5.75 Å². The zero-order chi connectivity index (χ0) is 19.2. The first-order valence-corrected chi connectivity index (χ1v) is 10.7. The summed E-state index contributed by atoms with van der Waals surface area (Å²) in [7, 11) is -3.43. The Morgan fingerprint density at radius 3 is 2.35 bits per heavy atom. The van der Waals surface area contributed by atoms with E-state index in [0.29, 0.717) is 12.3 Å². The molecule has 1 aromatic rings. The second-order valence-corrected chi connectivity index (χ2v) is 9.10. The number of benzene rings is 1. The summed E-state index contributed by atoms with van der Waals surface area (Å²) in [5, 5.41) is 0. The fourth-order valence-electron chi connectivity index (χ4n) is 2.94. The van der Waals surface area contributed by atoms with Crippen LogP contribution in [-0.4, -0.2) is 75.4 Å². The molecule has 1 saturated heterocycles. The molecule has 0 radical (unpaired) electrons. The molecule has 26 heavy (non-hydrogen) atoms. The number of rotatable bonds is 9. The van der Waals surface area contributed by atoms with Crippen LogP contribution in [0.3, 0.4) is 0 Å². The third kappa shape index (κ3) is 6.50. The topological polar surface area (TPSA) is 61.9 Å². The summed E-state index contributed by atoms with van der Waals surface area (Å²) in [6.07, 6.45) is 0. The van der Waals surface area contributed by atoms with E-state index in [9.17, 15) is 12.8 Å². The van der Waals surface area contributed by atoms with Crippen molar-refractivity contribution in [1.82, 2.24) is 14.5 Å². The Labute approximate surface area is 156 Å². The van der Waals surface area contributed by atoms with Crippen molar-refractivity contribution in [1.29, 1.82) is 0 Å². The number of halogens is 1. The first kappa shape index (κ1) is 21.1. The van der Waals surface area contributed by atoms with Crippen molar-refractivity contribution >= 4 is 10.0 Å². The van der Waals surface area contributed by atoms with Crippen LogP contribution in [0.25, 0.3) is 0 Å². The van der Waals surface area contributed by atoms with Crippen molar-refractivity contribution in [2.24, 2.45) is 0 Å². The van der Waals surface area contributed by atoms with E-state index < -0.39 is 10.0 Å². The van der Waals surface area contributed by atoms with Crippen molar-refractivity contribution in [3.05, 3.63) is 30.1 Å². The Kier molecular flexibility index (Phi) is 7.40. The van der Waals surface area contributed by atoms with E-state index in [-0.39, 0.29) is 23.7 Å². The number of nitrogens with zero attached hydrogens (tertiary/aromatic N) is 2. The van der Waals surface area contributed by atoms with E-state index in [1.165, 1.54) is 24.3 Å². The molecule has 0 bridgehead atoms. The van der Waals surface area contributed by atoms with Crippen LogP contribution < -0.4 is 9.46 Å². The van der Waals surface area contributed by atoms with Gasteiger partial charge < -0.3 is 9.64 Å². The van der Waals surface area contributed by atoms with Gasteiger partial charge in [0.15, 0.2) is 0 Å².